The van der Waals surface area contributed by atoms with Gasteiger partial charge in [0.25, 0.3) is 0 Å². The molecule has 0 aliphatic rings. The first kappa shape index (κ1) is 12.3. The van der Waals surface area contributed by atoms with E-state index >= 15 is 0 Å². The maximum atomic E-state index is 6.03. The fraction of sp³-hybridized carbons (Fsp3) is 0.455. The molecule has 1 rings (SSSR count). The number of halogens is 1. The van der Waals surface area contributed by atoms with Gasteiger partial charge in [0.05, 0.1) is 0 Å². The van der Waals surface area contributed by atoms with Gasteiger partial charge in [0.15, 0.2) is 0 Å². The molecule has 1 aromatic rings. The van der Waals surface area contributed by atoms with Gasteiger partial charge in [0.1, 0.15) is 0 Å². The molecule has 84 valence electrons. The lowest BCUT2D eigenvalue weighted by Crippen LogP contribution is -2.13. The summed E-state index contributed by atoms with van der Waals surface area (Å²) < 4.78 is 0. The topological polar surface area (TPSA) is 78.1 Å². The van der Waals surface area contributed by atoms with Gasteiger partial charge in [-0.3, -0.25) is 0 Å². The summed E-state index contributed by atoms with van der Waals surface area (Å²) >= 11 is 5.89. The summed E-state index contributed by atoms with van der Waals surface area (Å²) in [6.07, 6.45) is 2.90. The van der Waals surface area contributed by atoms with E-state index in [0.29, 0.717) is 17.3 Å². The zero-order valence-corrected chi connectivity index (χ0v) is 9.50. The van der Waals surface area contributed by atoms with E-state index < -0.39 is 0 Å². The van der Waals surface area contributed by atoms with Gasteiger partial charge in [-0.1, -0.05) is 18.0 Å². The first-order chi connectivity index (χ1) is 7.15. The third-order valence-corrected chi connectivity index (χ3v) is 2.65. The maximum absolute atomic E-state index is 6.03. The number of unbranched alkanes of at least 4 members (excludes halogenated alkanes) is 1. The van der Waals surface area contributed by atoms with Crippen LogP contribution in [-0.2, 0) is 0 Å². The third kappa shape index (κ3) is 3.70. The van der Waals surface area contributed by atoms with Crippen LogP contribution in [0.15, 0.2) is 18.2 Å². The van der Waals surface area contributed by atoms with Crippen LogP contribution in [0.5, 0.6) is 0 Å². The fourth-order valence-corrected chi connectivity index (χ4v) is 1.71. The molecule has 0 aromatic heterocycles. The van der Waals surface area contributed by atoms with Crippen molar-refractivity contribution in [2.75, 3.05) is 12.3 Å². The predicted molar refractivity (Wildman–Crippen MR) is 65.7 cm³/mol. The van der Waals surface area contributed by atoms with Gasteiger partial charge < -0.3 is 17.2 Å². The molecule has 0 bridgehead atoms. The lowest BCUT2D eigenvalue weighted by atomic mass is 10.0. The molecule has 0 heterocycles. The van der Waals surface area contributed by atoms with Gasteiger partial charge >= 0.3 is 0 Å². The van der Waals surface area contributed by atoms with Crippen molar-refractivity contribution in [3.8, 4) is 0 Å². The summed E-state index contributed by atoms with van der Waals surface area (Å²) in [4.78, 5) is 0. The number of nitrogen functional groups attached to an aromatic ring is 1. The molecule has 0 saturated heterocycles. The molecular formula is C11H18ClN3. The Labute approximate surface area is 95.6 Å². The van der Waals surface area contributed by atoms with Crippen molar-refractivity contribution in [2.24, 2.45) is 11.5 Å². The van der Waals surface area contributed by atoms with E-state index in [1.165, 1.54) is 0 Å². The Bertz CT molecular complexity index is 315. The number of hydrogen-bond acceptors (Lipinski definition) is 3. The maximum Gasteiger partial charge on any atom is 0.0410 e. The van der Waals surface area contributed by atoms with Crippen molar-refractivity contribution in [1.29, 1.82) is 0 Å². The van der Waals surface area contributed by atoms with Crippen LogP contribution >= 0.6 is 11.6 Å². The highest BCUT2D eigenvalue weighted by Crippen LogP contribution is 2.25. The Balaban J connectivity index is 2.64. The van der Waals surface area contributed by atoms with E-state index in [1.54, 1.807) is 12.1 Å². The Kier molecular flexibility index (Phi) is 4.88. The van der Waals surface area contributed by atoms with E-state index in [2.05, 4.69) is 0 Å². The van der Waals surface area contributed by atoms with Crippen LogP contribution in [0.3, 0.4) is 0 Å². The van der Waals surface area contributed by atoms with Crippen LogP contribution in [0.25, 0.3) is 0 Å². The monoisotopic (exact) mass is 227 g/mol. The van der Waals surface area contributed by atoms with Gasteiger partial charge in [-0.2, -0.15) is 0 Å². The lowest BCUT2D eigenvalue weighted by Gasteiger charge is -2.14. The van der Waals surface area contributed by atoms with Gasteiger partial charge in [-0.15, -0.1) is 0 Å². The van der Waals surface area contributed by atoms with Crippen molar-refractivity contribution < 1.29 is 0 Å². The first-order valence-corrected chi connectivity index (χ1v) is 5.53. The number of hydrogen-bond donors (Lipinski definition) is 3. The molecule has 4 heteroatoms. The molecule has 0 unspecified atom stereocenters. The highest BCUT2D eigenvalue weighted by Gasteiger charge is 2.09. The molecule has 0 radical (unpaired) electrons. The summed E-state index contributed by atoms with van der Waals surface area (Å²) in [5.41, 5.74) is 18.9. The van der Waals surface area contributed by atoms with Crippen molar-refractivity contribution in [2.45, 2.75) is 25.3 Å². The second kappa shape index (κ2) is 5.95. The highest BCUT2D eigenvalue weighted by atomic mass is 35.5. The molecule has 1 aromatic carbocycles. The van der Waals surface area contributed by atoms with E-state index in [-0.39, 0.29) is 6.04 Å². The summed E-state index contributed by atoms with van der Waals surface area (Å²) in [5.74, 6) is 0. The van der Waals surface area contributed by atoms with Gasteiger partial charge in [-0.05, 0) is 43.1 Å². The standard InChI is InChI=1S/C11H18ClN3/c12-8-4-5-11(15)9(7-8)10(14)3-1-2-6-13/h4-5,7,10H,1-3,6,13-15H2/t10-/m1/s1. The van der Waals surface area contributed by atoms with E-state index in [0.717, 1.165) is 24.8 Å². The predicted octanol–water partition coefficient (Wildman–Crippen LogP) is 2.05. The van der Waals surface area contributed by atoms with Gasteiger partial charge in [0, 0.05) is 16.8 Å². The molecule has 1 atom stereocenters. The Hall–Kier alpha value is -0.770. The van der Waals surface area contributed by atoms with Crippen LogP contribution in [0.4, 0.5) is 5.69 Å². The second-order valence-electron chi connectivity index (χ2n) is 3.66. The minimum atomic E-state index is -0.0461. The van der Waals surface area contributed by atoms with Crippen LogP contribution in [-0.4, -0.2) is 6.54 Å². The molecule has 6 N–H and O–H groups in total. The second-order valence-corrected chi connectivity index (χ2v) is 4.10. The zero-order valence-electron chi connectivity index (χ0n) is 8.75. The minimum Gasteiger partial charge on any atom is -0.398 e. The number of anilines is 1. The number of rotatable bonds is 5. The quantitative estimate of drug-likeness (QED) is 0.532. The van der Waals surface area contributed by atoms with E-state index in [1.807, 2.05) is 6.07 Å². The number of benzene rings is 1. The first-order valence-electron chi connectivity index (χ1n) is 5.15. The van der Waals surface area contributed by atoms with Crippen LogP contribution < -0.4 is 17.2 Å². The van der Waals surface area contributed by atoms with E-state index in [4.69, 9.17) is 28.8 Å². The van der Waals surface area contributed by atoms with E-state index in [9.17, 15) is 0 Å². The lowest BCUT2D eigenvalue weighted by molar-refractivity contribution is 0.592. The zero-order chi connectivity index (χ0) is 11.3. The third-order valence-electron chi connectivity index (χ3n) is 2.42. The molecule has 0 aliphatic heterocycles. The smallest absolute Gasteiger partial charge is 0.0410 e. The Morgan fingerprint density at radius 1 is 1.27 bits per heavy atom. The molecule has 0 fully saturated rings. The average Bonchev–Trinajstić information content (AvgIpc) is 2.22. The highest BCUT2D eigenvalue weighted by molar-refractivity contribution is 6.30. The molecule has 0 amide bonds. The molecule has 3 nitrogen and oxygen atoms in total. The minimum absolute atomic E-state index is 0.0461. The number of nitrogens with two attached hydrogens (primary N) is 3. The van der Waals surface area contributed by atoms with Crippen LogP contribution in [0.2, 0.25) is 5.02 Å². The van der Waals surface area contributed by atoms with Crippen molar-refractivity contribution in [3.63, 3.8) is 0 Å². The molecule has 0 spiro atoms. The Morgan fingerprint density at radius 2 is 2.00 bits per heavy atom. The SMILES string of the molecule is NCCCC[C@@H](N)c1cc(Cl)ccc1N. The molecule has 0 saturated carbocycles. The van der Waals surface area contributed by atoms with Crippen molar-refractivity contribution in [3.05, 3.63) is 28.8 Å². The average molecular weight is 228 g/mol. The normalized spacial score (nSPS) is 12.7. The largest absolute Gasteiger partial charge is 0.398 e. The molecule has 0 aliphatic carbocycles. The summed E-state index contributed by atoms with van der Waals surface area (Å²) in [6.45, 7) is 0.706. The molecular weight excluding hydrogens is 210 g/mol. The fourth-order valence-electron chi connectivity index (χ4n) is 1.53. The summed E-state index contributed by atoms with van der Waals surface area (Å²) in [5, 5.41) is 0.675. The van der Waals surface area contributed by atoms with Gasteiger partial charge in [0.2, 0.25) is 0 Å². The van der Waals surface area contributed by atoms with Crippen LogP contribution in [0.1, 0.15) is 30.9 Å². The summed E-state index contributed by atoms with van der Waals surface area (Å²) in [7, 11) is 0. The van der Waals surface area contributed by atoms with Gasteiger partial charge in [-0.25, -0.2) is 0 Å². The summed E-state index contributed by atoms with van der Waals surface area (Å²) in [6, 6.07) is 5.35. The Morgan fingerprint density at radius 3 is 2.67 bits per heavy atom. The van der Waals surface area contributed by atoms with Crippen molar-refractivity contribution in [1.82, 2.24) is 0 Å². The van der Waals surface area contributed by atoms with Crippen molar-refractivity contribution >= 4 is 17.3 Å². The molecule has 15 heavy (non-hydrogen) atoms. The van der Waals surface area contributed by atoms with Crippen LogP contribution in [0, 0.1) is 0 Å².